The van der Waals surface area contributed by atoms with Crippen molar-refractivity contribution in [2.45, 2.75) is 18.6 Å². The van der Waals surface area contributed by atoms with Gasteiger partial charge in [-0.05, 0) is 12.8 Å². The third-order valence-electron chi connectivity index (χ3n) is 4.20. The second kappa shape index (κ2) is 4.79. The van der Waals surface area contributed by atoms with E-state index in [0.29, 0.717) is 24.3 Å². The van der Waals surface area contributed by atoms with E-state index in [1.807, 2.05) is 48.5 Å². The van der Waals surface area contributed by atoms with E-state index in [4.69, 9.17) is 9.47 Å². The number of ketones is 1. The molecule has 4 rings (SSSR count). The first kappa shape index (κ1) is 12.7. The van der Waals surface area contributed by atoms with Crippen molar-refractivity contribution >= 4 is 5.78 Å². The van der Waals surface area contributed by atoms with Crippen molar-refractivity contribution in [3.8, 4) is 0 Å². The molecule has 0 saturated carbocycles. The fraction of sp³-hybridized carbons (Fsp3) is 0.278. The number of rotatable bonds is 0. The van der Waals surface area contributed by atoms with Gasteiger partial charge in [0, 0.05) is 22.3 Å². The van der Waals surface area contributed by atoms with Gasteiger partial charge in [0.2, 0.25) is 5.79 Å². The number of hydrogen-bond donors (Lipinski definition) is 0. The largest absolute Gasteiger partial charge is 0.342 e. The van der Waals surface area contributed by atoms with E-state index < -0.39 is 5.79 Å². The first-order valence-corrected chi connectivity index (χ1v) is 7.34. The van der Waals surface area contributed by atoms with E-state index in [9.17, 15) is 4.79 Å². The topological polar surface area (TPSA) is 35.5 Å². The Hall–Kier alpha value is -1.97. The van der Waals surface area contributed by atoms with Gasteiger partial charge in [-0.15, -0.1) is 0 Å². The summed E-state index contributed by atoms with van der Waals surface area (Å²) in [6.45, 7) is 1.27. The molecule has 0 aromatic heterocycles. The van der Waals surface area contributed by atoms with E-state index in [1.54, 1.807) is 0 Å². The van der Waals surface area contributed by atoms with Crippen LogP contribution in [-0.2, 0) is 15.3 Å². The van der Waals surface area contributed by atoms with Crippen molar-refractivity contribution in [3.63, 3.8) is 0 Å². The Bertz CT molecular complexity index is 646. The van der Waals surface area contributed by atoms with Gasteiger partial charge in [-0.2, -0.15) is 0 Å². The minimum Gasteiger partial charge on any atom is -0.342 e. The summed E-state index contributed by atoms with van der Waals surface area (Å²) >= 11 is 0. The van der Waals surface area contributed by atoms with Crippen molar-refractivity contribution in [2.24, 2.45) is 0 Å². The number of carbonyl (C=O) groups is 1. The fourth-order valence-corrected chi connectivity index (χ4v) is 3.21. The van der Waals surface area contributed by atoms with Crippen LogP contribution >= 0.6 is 0 Å². The standard InChI is InChI=1S/C18H16O3/c19-17-13-7-1-3-9-15(13)18(20-11-5-6-12-21-18)16-10-4-2-8-14(16)17/h1-4,7-10H,5-6,11-12H2. The molecule has 1 saturated heterocycles. The van der Waals surface area contributed by atoms with Crippen LogP contribution in [-0.4, -0.2) is 19.0 Å². The Balaban J connectivity index is 2.02. The van der Waals surface area contributed by atoms with Crippen molar-refractivity contribution in [2.75, 3.05) is 13.2 Å². The van der Waals surface area contributed by atoms with Gasteiger partial charge in [0.25, 0.3) is 0 Å². The molecule has 0 atom stereocenters. The minimum atomic E-state index is -0.933. The van der Waals surface area contributed by atoms with Crippen molar-refractivity contribution in [3.05, 3.63) is 70.8 Å². The molecule has 0 N–H and O–H groups in total. The number of hydrogen-bond acceptors (Lipinski definition) is 3. The highest BCUT2D eigenvalue weighted by Crippen LogP contribution is 2.44. The summed E-state index contributed by atoms with van der Waals surface area (Å²) < 4.78 is 12.3. The first-order valence-electron chi connectivity index (χ1n) is 7.34. The van der Waals surface area contributed by atoms with Crippen LogP contribution in [0.25, 0.3) is 0 Å². The highest BCUT2D eigenvalue weighted by atomic mass is 16.7. The van der Waals surface area contributed by atoms with E-state index >= 15 is 0 Å². The molecular formula is C18H16O3. The maximum Gasteiger partial charge on any atom is 0.223 e. The highest BCUT2D eigenvalue weighted by molar-refractivity contribution is 6.12. The molecule has 0 bridgehead atoms. The third kappa shape index (κ3) is 1.78. The lowest BCUT2D eigenvalue weighted by molar-refractivity contribution is -0.205. The number of benzene rings is 2. The number of fused-ring (bicyclic) bond motifs is 4. The molecule has 106 valence electrons. The van der Waals surface area contributed by atoms with Crippen LogP contribution < -0.4 is 0 Å². The zero-order valence-corrected chi connectivity index (χ0v) is 11.7. The van der Waals surface area contributed by atoms with Crippen molar-refractivity contribution in [1.82, 2.24) is 0 Å². The molecule has 2 aliphatic rings. The Morgan fingerprint density at radius 2 is 1.24 bits per heavy atom. The van der Waals surface area contributed by atoms with Crippen LogP contribution in [0.1, 0.15) is 39.9 Å². The minimum absolute atomic E-state index is 0.0447. The predicted molar refractivity (Wildman–Crippen MR) is 78.2 cm³/mol. The smallest absolute Gasteiger partial charge is 0.223 e. The molecule has 0 radical (unpaired) electrons. The zero-order chi connectivity index (χ0) is 14.3. The molecule has 1 aliphatic carbocycles. The lowest BCUT2D eigenvalue weighted by Crippen LogP contribution is -2.40. The van der Waals surface area contributed by atoms with Gasteiger partial charge in [0.1, 0.15) is 0 Å². The van der Waals surface area contributed by atoms with Gasteiger partial charge in [0.15, 0.2) is 5.78 Å². The van der Waals surface area contributed by atoms with Gasteiger partial charge in [0.05, 0.1) is 13.2 Å². The van der Waals surface area contributed by atoms with Crippen LogP contribution in [0.15, 0.2) is 48.5 Å². The van der Waals surface area contributed by atoms with Gasteiger partial charge >= 0.3 is 0 Å². The van der Waals surface area contributed by atoms with Crippen molar-refractivity contribution in [1.29, 1.82) is 0 Å². The van der Waals surface area contributed by atoms with Gasteiger partial charge in [-0.25, -0.2) is 0 Å². The number of ether oxygens (including phenoxy) is 2. The monoisotopic (exact) mass is 280 g/mol. The summed E-state index contributed by atoms with van der Waals surface area (Å²) in [6.07, 6.45) is 1.94. The molecule has 1 fully saturated rings. The average Bonchev–Trinajstić information content (AvgIpc) is 2.80. The van der Waals surface area contributed by atoms with E-state index in [2.05, 4.69) is 0 Å². The summed E-state index contributed by atoms with van der Waals surface area (Å²) in [4.78, 5) is 12.7. The van der Waals surface area contributed by atoms with Gasteiger partial charge in [-0.1, -0.05) is 48.5 Å². The molecule has 1 aliphatic heterocycles. The van der Waals surface area contributed by atoms with Crippen LogP contribution in [0.4, 0.5) is 0 Å². The van der Waals surface area contributed by atoms with E-state index in [1.165, 1.54) is 0 Å². The molecule has 2 aromatic rings. The molecule has 0 amide bonds. The maximum atomic E-state index is 12.7. The summed E-state index contributed by atoms with van der Waals surface area (Å²) in [5.41, 5.74) is 3.02. The predicted octanol–water partition coefficient (Wildman–Crippen LogP) is 3.26. The summed E-state index contributed by atoms with van der Waals surface area (Å²) in [5.74, 6) is -0.888. The Labute approximate surface area is 123 Å². The van der Waals surface area contributed by atoms with Crippen LogP contribution in [0.3, 0.4) is 0 Å². The second-order valence-corrected chi connectivity index (χ2v) is 5.44. The summed E-state index contributed by atoms with van der Waals surface area (Å²) in [7, 11) is 0. The van der Waals surface area contributed by atoms with E-state index in [-0.39, 0.29) is 5.78 Å². The second-order valence-electron chi connectivity index (χ2n) is 5.44. The molecule has 2 aromatic carbocycles. The first-order chi connectivity index (χ1) is 10.3. The fourth-order valence-electron chi connectivity index (χ4n) is 3.21. The average molecular weight is 280 g/mol. The van der Waals surface area contributed by atoms with E-state index in [0.717, 1.165) is 24.0 Å². The molecule has 21 heavy (non-hydrogen) atoms. The zero-order valence-electron chi connectivity index (χ0n) is 11.7. The lowest BCUT2D eigenvalue weighted by atomic mass is 9.80. The SMILES string of the molecule is O=C1c2ccccc2C2(OCCCCO2)c2ccccc21. The maximum absolute atomic E-state index is 12.7. The quantitative estimate of drug-likeness (QED) is 0.743. The Morgan fingerprint density at radius 3 is 1.76 bits per heavy atom. The Kier molecular flexibility index (Phi) is 2.91. The normalized spacial score (nSPS) is 19.7. The third-order valence-corrected chi connectivity index (χ3v) is 4.20. The molecular weight excluding hydrogens is 264 g/mol. The lowest BCUT2D eigenvalue weighted by Gasteiger charge is -2.38. The summed E-state index contributed by atoms with van der Waals surface area (Å²) in [6, 6.07) is 15.2. The van der Waals surface area contributed by atoms with Crippen LogP contribution in [0, 0.1) is 0 Å². The van der Waals surface area contributed by atoms with Gasteiger partial charge < -0.3 is 9.47 Å². The van der Waals surface area contributed by atoms with Crippen molar-refractivity contribution < 1.29 is 14.3 Å². The van der Waals surface area contributed by atoms with Crippen LogP contribution in [0.2, 0.25) is 0 Å². The Morgan fingerprint density at radius 1 is 0.762 bits per heavy atom. The molecule has 1 spiro atoms. The molecule has 3 heteroatoms. The summed E-state index contributed by atoms with van der Waals surface area (Å²) in [5, 5.41) is 0. The molecule has 0 unspecified atom stereocenters. The van der Waals surface area contributed by atoms with Crippen LogP contribution in [0.5, 0.6) is 0 Å². The molecule has 3 nitrogen and oxygen atoms in total. The molecule has 1 heterocycles. The number of carbonyl (C=O) groups excluding carboxylic acids is 1. The highest BCUT2D eigenvalue weighted by Gasteiger charge is 2.46. The van der Waals surface area contributed by atoms with Gasteiger partial charge in [-0.3, -0.25) is 4.79 Å².